The van der Waals surface area contributed by atoms with E-state index in [1.165, 1.54) is 19.2 Å². The minimum atomic E-state index is -0.702. The van der Waals surface area contributed by atoms with Crippen molar-refractivity contribution >= 4 is 46.8 Å². The Labute approximate surface area is 178 Å². The number of hydrogen-bond donors (Lipinski definition) is 3. The van der Waals surface area contributed by atoms with Gasteiger partial charge in [0.1, 0.15) is 6.54 Å². The van der Waals surface area contributed by atoms with Crippen LogP contribution in [-0.4, -0.2) is 31.6 Å². The Bertz CT molecular complexity index is 914. The fourth-order valence-electron chi connectivity index (χ4n) is 2.43. The van der Waals surface area contributed by atoms with Gasteiger partial charge >= 0.3 is 12.0 Å². The Morgan fingerprint density at radius 1 is 1.00 bits per heavy atom. The highest BCUT2D eigenvalue weighted by Crippen LogP contribution is 2.28. The summed E-state index contributed by atoms with van der Waals surface area (Å²) in [6.07, 6.45) is 0. The van der Waals surface area contributed by atoms with E-state index >= 15 is 0 Å². The van der Waals surface area contributed by atoms with Gasteiger partial charge in [0, 0.05) is 11.3 Å². The lowest BCUT2D eigenvalue weighted by Crippen LogP contribution is -2.43. The minimum absolute atomic E-state index is 0.221. The molecule has 2 rings (SSSR count). The van der Waals surface area contributed by atoms with Crippen molar-refractivity contribution in [1.29, 1.82) is 0 Å². The van der Waals surface area contributed by atoms with Gasteiger partial charge < -0.3 is 20.7 Å². The summed E-state index contributed by atoms with van der Waals surface area (Å²) >= 11 is 12.0. The molecule has 0 fully saturated rings. The summed E-state index contributed by atoms with van der Waals surface area (Å²) < 4.78 is 4.46. The number of rotatable bonds is 6. The van der Waals surface area contributed by atoms with Crippen LogP contribution < -0.4 is 16.0 Å². The summed E-state index contributed by atoms with van der Waals surface area (Å²) in [5.41, 5.74) is 0.930. The van der Waals surface area contributed by atoms with E-state index in [1.54, 1.807) is 30.3 Å². The number of anilines is 1. The zero-order chi connectivity index (χ0) is 21.6. The first-order valence-electron chi connectivity index (χ1n) is 8.62. The van der Waals surface area contributed by atoms with E-state index in [-0.39, 0.29) is 6.54 Å². The quantitative estimate of drug-likeness (QED) is 0.595. The van der Waals surface area contributed by atoms with Gasteiger partial charge in [-0.05, 0) is 55.8 Å². The summed E-state index contributed by atoms with van der Waals surface area (Å²) in [4.78, 5) is 35.4. The molecule has 0 saturated heterocycles. The number of methoxy groups -OCH3 is 1. The van der Waals surface area contributed by atoms with Crippen LogP contribution in [-0.2, 0) is 15.1 Å². The fourth-order valence-corrected chi connectivity index (χ4v) is 2.73. The maximum absolute atomic E-state index is 12.4. The van der Waals surface area contributed by atoms with Gasteiger partial charge in [0.15, 0.2) is 0 Å². The van der Waals surface area contributed by atoms with Crippen molar-refractivity contribution in [3.8, 4) is 0 Å². The fraction of sp³-hybridized carbons (Fsp3) is 0.250. The number of carbonyl (C=O) groups excluding carboxylic acids is 3. The van der Waals surface area contributed by atoms with Crippen molar-refractivity contribution in [2.24, 2.45) is 0 Å². The molecular formula is C20H21Cl2N3O4. The number of nitrogens with one attached hydrogen (secondary N) is 3. The largest absolute Gasteiger partial charge is 0.468 e. The number of carbonyl (C=O) groups is 3. The lowest BCUT2D eigenvalue weighted by Gasteiger charge is -2.27. The molecule has 0 bridgehead atoms. The van der Waals surface area contributed by atoms with Gasteiger partial charge in [0.05, 0.1) is 22.7 Å². The van der Waals surface area contributed by atoms with Crippen molar-refractivity contribution in [3.05, 3.63) is 63.6 Å². The van der Waals surface area contributed by atoms with Crippen LogP contribution in [0, 0.1) is 0 Å². The van der Waals surface area contributed by atoms with Gasteiger partial charge in [0.2, 0.25) is 0 Å². The molecule has 154 valence electrons. The summed E-state index contributed by atoms with van der Waals surface area (Å²) in [5, 5.41) is 8.84. The third-order valence-corrected chi connectivity index (χ3v) is 4.83. The molecule has 0 saturated carbocycles. The second-order valence-electron chi connectivity index (χ2n) is 6.67. The van der Waals surface area contributed by atoms with Crippen LogP contribution in [0.3, 0.4) is 0 Å². The summed E-state index contributed by atoms with van der Waals surface area (Å²) in [6.45, 7) is 3.45. The van der Waals surface area contributed by atoms with Crippen LogP contribution in [0.2, 0.25) is 10.0 Å². The van der Waals surface area contributed by atoms with Crippen LogP contribution in [0.4, 0.5) is 10.5 Å². The highest BCUT2D eigenvalue weighted by Gasteiger charge is 2.23. The van der Waals surface area contributed by atoms with Gasteiger partial charge in [-0.3, -0.25) is 9.59 Å². The van der Waals surface area contributed by atoms with Gasteiger partial charge in [-0.15, -0.1) is 0 Å². The number of hydrogen-bond acceptors (Lipinski definition) is 4. The Morgan fingerprint density at radius 3 is 2.24 bits per heavy atom. The first-order chi connectivity index (χ1) is 13.6. The molecule has 2 aromatic carbocycles. The summed E-state index contributed by atoms with van der Waals surface area (Å²) in [6, 6.07) is 11.0. The average molecular weight is 438 g/mol. The van der Waals surface area contributed by atoms with Crippen molar-refractivity contribution < 1.29 is 19.1 Å². The lowest BCUT2D eigenvalue weighted by atomic mass is 9.94. The van der Waals surface area contributed by atoms with E-state index in [9.17, 15) is 14.4 Å². The van der Waals surface area contributed by atoms with Crippen LogP contribution in [0.1, 0.15) is 29.8 Å². The van der Waals surface area contributed by atoms with Gasteiger partial charge in [-0.2, -0.15) is 0 Å². The first-order valence-corrected chi connectivity index (χ1v) is 9.38. The maximum Gasteiger partial charge on any atom is 0.325 e. The molecule has 0 aromatic heterocycles. The molecule has 0 aliphatic carbocycles. The third kappa shape index (κ3) is 6.37. The molecule has 3 amide bonds. The van der Waals surface area contributed by atoms with Crippen LogP contribution in [0.5, 0.6) is 0 Å². The number of ether oxygens (including phenoxy) is 1. The molecule has 3 N–H and O–H groups in total. The van der Waals surface area contributed by atoms with Crippen molar-refractivity contribution in [2.75, 3.05) is 19.0 Å². The summed E-state index contributed by atoms with van der Waals surface area (Å²) in [7, 11) is 1.24. The van der Waals surface area contributed by atoms with Crippen molar-refractivity contribution in [2.45, 2.75) is 19.4 Å². The predicted octanol–water partition coefficient (Wildman–Crippen LogP) is 3.95. The number of halogens is 2. The van der Waals surface area contributed by atoms with E-state index in [0.29, 0.717) is 21.3 Å². The van der Waals surface area contributed by atoms with Gasteiger partial charge in [-0.1, -0.05) is 29.3 Å². The van der Waals surface area contributed by atoms with E-state index in [1.807, 2.05) is 13.8 Å². The molecule has 0 aliphatic rings. The number of amides is 3. The number of esters is 1. The second kappa shape index (κ2) is 9.62. The molecular weight excluding hydrogens is 417 g/mol. The average Bonchev–Trinajstić information content (AvgIpc) is 2.67. The lowest BCUT2D eigenvalue weighted by molar-refractivity contribution is -0.139. The molecule has 9 heteroatoms. The van der Waals surface area contributed by atoms with Crippen LogP contribution in [0.15, 0.2) is 42.5 Å². The molecule has 0 radical (unpaired) electrons. The SMILES string of the molecule is COC(=O)CNC(=O)c1ccc(NC(=O)NC(C)(C)c2ccc(Cl)c(Cl)c2)cc1. The Balaban J connectivity index is 1.97. The topological polar surface area (TPSA) is 96.5 Å². The molecule has 0 heterocycles. The normalized spacial score (nSPS) is 10.8. The van der Waals surface area contributed by atoms with E-state index in [2.05, 4.69) is 20.7 Å². The molecule has 7 nitrogen and oxygen atoms in total. The molecule has 0 spiro atoms. The van der Waals surface area contributed by atoms with Gasteiger partial charge in [-0.25, -0.2) is 4.79 Å². The third-order valence-electron chi connectivity index (χ3n) is 4.09. The highest BCUT2D eigenvalue weighted by molar-refractivity contribution is 6.42. The summed E-state index contributed by atoms with van der Waals surface area (Å²) in [5.74, 6) is -0.968. The molecule has 0 aliphatic heterocycles. The Hall–Kier alpha value is -2.77. The molecule has 0 atom stereocenters. The maximum atomic E-state index is 12.4. The monoisotopic (exact) mass is 437 g/mol. The van der Waals surface area contributed by atoms with Crippen LogP contribution in [0.25, 0.3) is 0 Å². The van der Waals surface area contributed by atoms with Crippen molar-refractivity contribution in [3.63, 3.8) is 0 Å². The van der Waals surface area contributed by atoms with Crippen molar-refractivity contribution in [1.82, 2.24) is 10.6 Å². The molecule has 2 aromatic rings. The number of benzene rings is 2. The zero-order valence-electron chi connectivity index (χ0n) is 16.1. The first kappa shape index (κ1) is 22.5. The van der Waals surface area contributed by atoms with E-state index < -0.39 is 23.4 Å². The predicted molar refractivity (Wildman–Crippen MR) is 112 cm³/mol. The van der Waals surface area contributed by atoms with E-state index in [4.69, 9.17) is 23.2 Å². The second-order valence-corrected chi connectivity index (χ2v) is 7.48. The smallest absolute Gasteiger partial charge is 0.325 e. The van der Waals surface area contributed by atoms with E-state index in [0.717, 1.165) is 5.56 Å². The molecule has 29 heavy (non-hydrogen) atoms. The molecule has 0 unspecified atom stereocenters. The Morgan fingerprint density at radius 2 is 1.66 bits per heavy atom. The Kier molecular flexibility index (Phi) is 7.47. The zero-order valence-corrected chi connectivity index (χ0v) is 17.6. The highest BCUT2D eigenvalue weighted by atomic mass is 35.5. The standard InChI is InChI=1S/C20H21Cl2N3O4/c1-20(2,13-6-9-15(21)16(22)10-13)25-19(28)24-14-7-4-12(5-8-14)18(27)23-11-17(26)29-3/h4-10H,11H2,1-3H3,(H,23,27)(H2,24,25,28). The van der Waals surface area contributed by atoms with Gasteiger partial charge in [0.25, 0.3) is 5.91 Å². The number of urea groups is 1. The minimum Gasteiger partial charge on any atom is -0.468 e. The van der Waals surface area contributed by atoms with Crippen LogP contribution >= 0.6 is 23.2 Å².